The number of aromatic nitrogens is 2. The Kier molecular flexibility index (Phi) is 4.62. The van der Waals surface area contributed by atoms with Gasteiger partial charge in [-0.25, -0.2) is 13.4 Å². The summed E-state index contributed by atoms with van der Waals surface area (Å²) < 4.78 is 28.3. The highest BCUT2D eigenvalue weighted by molar-refractivity contribution is 7.92. The summed E-state index contributed by atoms with van der Waals surface area (Å²) in [6, 6.07) is 19.6. The van der Waals surface area contributed by atoms with Crippen molar-refractivity contribution in [3.8, 4) is 11.4 Å². The first-order chi connectivity index (χ1) is 13.5. The van der Waals surface area contributed by atoms with E-state index in [1.807, 2.05) is 37.3 Å². The molecule has 7 heteroatoms. The van der Waals surface area contributed by atoms with Crippen molar-refractivity contribution >= 4 is 26.7 Å². The van der Waals surface area contributed by atoms with Crippen LogP contribution in [0.4, 0.5) is 5.69 Å². The second-order valence-corrected chi connectivity index (χ2v) is 8.24. The third-order valence-electron chi connectivity index (χ3n) is 4.49. The molecule has 1 heterocycles. The lowest BCUT2D eigenvalue weighted by molar-refractivity contribution is 0.282. The molecule has 3 N–H and O–H groups in total. The largest absolute Gasteiger partial charge is 0.392 e. The molecule has 0 saturated heterocycles. The van der Waals surface area contributed by atoms with Crippen molar-refractivity contribution in [3.05, 3.63) is 77.9 Å². The lowest BCUT2D eigenvalue weighted by Crippen LogP contribution is -2.14. The third-order valence-corrected chi connectivity index (χ3v) is 5.85. The van der Waals surface area contributed by atoms with E-state index in [1.54, 1.807) is 30.3 Å². The zero-order valence-corrected chi connectivity index (χ0v) is 16.0. The van der Waals surface area contributed by atoms with Crippen LogP contribution in [0.2, 0.25) is 0 Å². The molecular weight excluding hydrogens is 374 g/mol. The van der Waals surface area contributed by atoms with E-state index in [1.165, 1.54) is 6.07 Å². The Balaban J connectivity index is 1.70. The van der Waals surface area contributed by atoms with Gasteiger partial charge in [-0.15, -0.1) is 0 Å². The summed E-state index contributed by atoms with van der Waals surface area (Å²) in [5, 5.41) is 9.51. The van der Waals surface area contributed by atoms with Gasteiger partial charge in [0.1, 0.15) is 5.82 Å². The maximum atomic E-state index is 12.8. The van der Waals surface area contributed by atoms with E-state index in [0.717, 1.165) is 11.1 Å². The van der Waals surface area contributed by atoms with E-state index < -0.39 is 10.0 Å². The molecule has 0 radical (unpaired) electrons. The molecular formula is C21H19N3O3S. The Morgan fingerprint density at radius 2 is 1.82 bits per heavy atom. The zero-order chi connectivity index (χ0) is 19.7. The van der Waals surface area contributed by atoms with Gasteiger partial charge in [-0.1, -0.05) is 48.0 Å². The summed E-state index contributed by atoms with van der Waals surface area (Å²) in [4.78, 5) is 7.82. The number of nitrogens with zero attached hydrogens (tertiary/aromatic N) is 1. The average Bonchev–Trinajstić information content (AvgIpc) is 3.13. The minimum atomic E-state index is -3.81. The topological polar surface area (TPSA) is 95.1 Å². The van der Waals surface area contributed by atoms with Gasteiger partial charge in [0, 0.05) is 11.1 Å². The highest BCUT2D eigenvalue weighted by Crippen LogP contribution is 2.25. The van der Waals surface area contributed by atoms with E-state index in [-0.39, 0.29) is 11.5 Å². The van der Waals surface area contributed by atoms with E-state index >= 15 is 0 Å². The van der Waals surface area contributed by atoms with Gasteiger partial charge in [0.05, 0.1) is 28.2 Å². The molecule has 0 bridgehead atoms. The lowest BCUT2D eigenvalue weighted by Gasteiger charge is -2.12. The van der Waals surface area contributed by atoms with Gasteiger partial charge in [-0.05, 0) is 31.2 Å². The molecule has 4 rings (SSSR count). The fourth-order valence-corrected chi connectivity index (χ4v) is 4.17. The van der Waals surface area contributed by atoms with Crippen LogP contribution in [0, 0.1) is 6.92 Å². The van der Waals surface area contributed by atoms with Crippen molar-refractivity contribution in [2.75, 3.05) is 4.72 Å². The van der Waals surface area contributed by atoms with Crippen LogP contribution >= 0.6 is 0 Å². The standard InChI is InChI=1S/C21H19N3O3S/c1-14-7-9-18(16(11-14)13-25)24-28(26,27)17-8-10-19-20(12-17)23-21(22-19)15-5-3-2-4-6-15/h2-12,24-25H,13H2,1H3,(H,22,23). The number of aryl methyl sites for hydroxylation is 1. The van der Waals surface area contributed by atoms with Gasteiger partial charge < -0.3 is 10.1 Å². The van der Waals surface area contributed by atoms with E-state index in [9.17, 15) is 13.5 Å². The predicted octanol–water partition coefficient (Wildman–Crippen LogP) is 3.83. The first kappa shape index (κ1) is 18.2. The molecule has 0 aliphatic heterocycles. The van der Waals surface area contributed by atoms with Crippen LogP contribution in [0.1, 0.15) is 11.1 Å². The summed E-state index contributed by atoms with van der Waals surface area (Å²) in [5.74, 6) is 0.680. The average molecular weight is 393 g/mol. The Morgan fingerprint density at radius 1 is 1.04 bits per heavy atom. The molecule has 28 heavy (non-hydrogen) atoms. The van der Waals surface area contributed by atoms with E-state index in [0.29, 0.717) is 28.1 Å². The van der Waals surface area contributed by atoms with Crippen LogP contribution < -0.4 is 4.72 Å². The highest BCUT2D eigenvalue weighted by atomic mass is 32.2. The summed E-state index contributed by atoms with van der Waals surface area (Å²) in [6.07, 6.45) is 0. The number of hydrogen-bond acceptors (Lipinski definition) is 4. The summed E-state index contributed by atoms with van der Waals surface area (Å²) in [5.41, 5.74) is 4.07. The number of imidazole rings is 1. The minimum absolute atomic E-state index is 0.118. The Bertz CT molecular complexity index is 1250. The molecule has 3 aromatic carbocycles. The maximum absolute atomic E-state index is 12.8. The molecule has 1 aromatic heterocycles. The highest BCUT2D eigenvalue weighted by Gasteiger charge is 2.17. The van der Waals surface area contributed by atoms with Gasteiger partial charge in [0.15, 0.2) is 0 Å². The van der Waals surface area contributed by atoms with Gasteiger partial charge >= 0.3 is 0 Å². The van der Waals surface area contributed by atoms with Crippen molar-refractivity contribution in [2.24, 2.45) is 0 Å². The number of hydrogen-bond donors (Lipinski definition) is 3. The number of anilines is 1. The first-order valence-electron chi connectivity index (χ1n) is 8.75. The molecule has 0 saturated carbocycles. The van der Waals surface area contributed by atoms with Gasteiger partial charge in [0.2, 0.25) is 0 Å². The number of aliphatic hydroxyl groups excluding tert-OH is 1. The van der Waals surface area contributed by atoms with Crippen molar-refractivity contribution < 1.29 is 13.5 Å². The van der Waals surface area contributed by atoms with Crippen LogP contribution in [0.3, 0.4) is 0 Å². The van der Waals surface area contributed by atoms with E-state index in [2.05, 4.69) is 14.7 Å². The lowest BCUT2D eigenvalue weighted by atomic mass is 10.1. The normalized spacial score (nSPS) is 11.6. The van der Waals surface area contributed by atoms with Gasteiger partial charge in [-0.3, -0.25) is 4.72 Å². The van der Waals surface area contributed by atoms with E-state index in [4.69, 9.17) is 0 Å². The Labute approximate surface area is 162 Å². The number of rotatable bonds is 5. The number of aromatic amines is 1. The van der Waals surface area contributed by atoms with Crippen molar-refractivity contribution in [3.63, 3.8) is 0 Å². The monoisotopic (exact) mass is 393 g/mol. The molecule has 0 unspecified atom stereocenters. The van der Waals surface area contributed by atoms with Gasteiger partial charge in [0.25, 0.3) is 10.0 Å². The summed E-state index contributed by atoms with van der Waals surface area (Å²) in [7, 11) is -3.81. The Morgan fingerprint density at radius 3 is 2.57 bits per heavy atom. The Hall–Kier alpha value is -3.16. The molecule has 0 aliphatic carbocycles. The number of aliphatic hydroxyl groups is 1. The first-order valence-corrected chi connectivity index (χ1v) is 10.2. The van der Waals surface area contributed by atoms with Gasteiger partial charge in [-0.2, -0.15) is 0 Å². The minimum Gasteiger partial charge on any atom is -0.392 e. The summed E-state index contributed by atoms with van der Waals surface area (Å²) in [6.45, 7) is 1.63. The number of nitrogens with one attached hydrogen (secondary N) is 2. The molecule has 0 amide bonds. The number of fused-ring (bicyclic) bond motifs is 1. The molecule has 0 atom stereocenters. The van der Waals surface area contributed by atoms with Crippen LogP contribution in [0.5, 0.6) is 0 Å². The SMILES string of the molecule is Cc1ccc(NS(=O)(=O)c2ccc3nc(-c4ccccc4)[nH]c3c2)c(CO)c1. The second-order valence-electron chi connectivity index (χ2n) is 6.55. The zero-order valence-electron chi connectivity index (χ0n) is 15.2. The fraction of sp³-hybridized carbons (Fsp3) is 0.0952. The van der Waals surface area contributed by atoms with Crippen LogP contribution in [-0.4, -0.2) is 23.5 Å². The summed E-state index contributed by atoms with van der Waals surface area (Å²) >= 11 is 0. The molecule has 0 spiro atoms. The number of benzene rings is 3. The van der Waals surface area contributed by atoms with Crippen LogP contribution in [0.25, 0.3) is 22.4 Å². The second kappa shape index (κ2) is 7.10. The quantitative estimate of drug-likeness (QED) is 0.480. The molecule has 6 nitrogen and oxygen atoms in total. The van der Waals surface area contributed by atoms with Crippen molar-refractivity contribution in [1.29, 1.82) is 0 Å². The molecule has 0 aliphatic rings. The van der Waals surface area contributed by atoms with Crippen LogP contribution in [-0.2, 0) is 16.6 Å². The molecule has 0 fully saturated rings. The van der Waals surface area contributed by atoms with Crippen molar-refractivity contribution in [2.45, 2.75) is 18.4 Å². The molecule has 142 valence electrons. The molecule has 4 aromatic rings. The number of H-pyrrole nitrogens is 1. The smallest absolute Gasteiger partial charge is 0.261 e. The third kappa shape index (κ3) is 3.49. The fourth-order valence-electron chi connectivity index (χ4n) is 3.05. The number of sulfonamides is 1. The predicted molar refractivity (Wildman–Crippen MR) is 109 cm³/mol. The maximum Gasteiger partial charge on any atom is 0.261 e. The van der Waals surface area contributed by atoms with Crippen LogP contribution in [0.15, 0.2) is 71.6 Å². The van der Waals surface area contributed by atoms with Crippen molar-refractivity contribution in [1.82, 2.24) is 9.97 Å².